The highest BCUT2D eigenvalue weighted by Crippen LogP contribution is 2.22. The van der Waals surface area contributed by atoms with Crippen LogP contribution in [0.15, 0.2) is 47.4 Å². The highest BCUT2D eigenvalue weighted by molar-refractivity contribution is 7.89. The van der Waals surface area contributed by atoms with E-state index in [0.717, 1.165) is 6.07 Å². The number of nitriles is 1. The summed E-state index contributed by atoms with van der Waals surface area (Å²) in [5.41, 5.74) is -0.0372. The summed E-state index contributed by atoms with van der Waals surface area (Å²) >= 11 is 5.70. The number of amides is 1. The first-order valence-corrected chi connectivity index (χ1v) is 9.90. The largest absolute Gasteiger partial charge is 0.336 e. The minimum absolute atomic E-state index is 0.0586. The van der Waals surface area contributed by atoms with Gasteiger partial charge in [0.25, 0.3) is 5.91 Å². The third-order valence-electron chi connectivity index (χ3n) is 4.31. The lowest BCUT2D eigenvalue weighted by Crippen LogP contribution is -2.50. The molecule has 3 rings (SSSR count). The molecule has 0 aromatic heterocycles. The molecule has 0 aliphatic carbocycles. The Morgan fingerprint density at radius 2 is 1.78 bits per heavy atom. The van der Waals surface area contributed by atoms with Gasteiger partial charge in [-0.05, 0) is 30.3 Å². The van der Waals surface area contributed by atoms with Crippen molar-refractivity contribution in [2.45, 2.75) is 4.90 Å². The second-order valence-electron chi connectivity index (χ2n) is 5.93. The van der Waals surface area contributed by atoms with Crippen LogP contribution < -0.4 is 0 Å². The summed E-state index contributed by atoms with van der Waals surface area (Å²) in [6, 6.07) is 11.6. The van der Waals surface area contributed by atoms with Gasteiger partial charge >= 0.3 is 0 Å². The van der Waals surface area contributed by atoms with Crippen molar-refractivity contribution in [3.63, 3.8) is 0 Å². The van der Waals surface area contributed by atoms with Gasteiger partial charge in [0, 0.05) is 31.2 Å². The molecule has 1 aliphatic heterocycles. The Bertz CT molecular complexity index is 1030. The van der Waals surface area contributed by atoms with Crippen LogP contribution in [0.25, 0.3) is 0 Å². The van der Waals surface area contributed by atoms with Crippen LogP contribution in [0.4, 0.5) is 4.39 Å². The monoisotopic (exact) mass is 407 g/mol. The lowest BCUT2D eigenvalue weighted by atomic mass is 10.1. The molecule has 6 nitrogen and oxygen atoms in total. The molecule has 140 valence electrons. The Kier molecular flexibility index (Phi) is 5.46. The second kappa shape index (κ2) is 7.64. The van der Waals surface area contributed by atoms with Gasteiger partial charge < -0.3 is 4.90 Å². The molecule has 0 spiro atoms. The maximum absolute atomic E-state index is 14.0. The topological polar surface area (TPSA) is 81.5 Å². The van der Waals surface area contributed by atoms with E-state index < -0.39 is 21.7 Å². The summed E-state index contributed by atoms with van der Waals surface area (Å²) in [4.78, 5) is 13.8. The SMILES string of the molecule is N#Cc1ccccc1S(=O)(=O)N1CCN(C(=O)c2ccc(Cl)cc2F)CC1. The van der Waals surface area contributed by atoms with E-state index in [0.29, 0.717) is 0 Å². The number of hydrogen-bond donors (Lipinski definition) is 0. The molecule has 1 fully saturated rings. The molecular weight excluding hydrogens is 393 g/mol. The quantitative estimate of drug-likeness (QED) is 0.782. The van der Waals surface area contributed by atoms with Gasteiger partial charge in [-0.15, -0.1) is 0 Å². The lowest BCUT2D eigenvalue weighted by Gasteiger charge is -2.34. The van der Waals surface area contributed by atoms with Gasteiger partial charge in [-0.25, -0.2) is 12.8 Å². The van der Waals surface area contributed by atoms with Crippen molar-refractivity contribution in [2.75, 3.05) is 26.2 Å². The minimum Gasteiger partial charge on any atom is -0.336 e. The van der Waals surface area contributed by atoms with Crippen LogP contribution in [0, 0.1) is 17.1 Å². The van der Waals surface area contributed by atoms with Gasteiger partial charge in [0.05, 0.1) is 16.0 Å². The molecule has 0 saturated carbocycles. The highest BCUT2D eigenvalue weighted by Gasteiger charge is 2.32. The Hall–Kier alpha value is -2.47. The third-order valence-corrected chi connectivity index (χ3v) is 6.50. The number of halogens is 2. The number of carbonyl (C=O) groups is 1. The molecule has 0 N–H and O–H groups in total. The van der Waals surface area contributed by atoms with E-state index in [1.54, 1.807) is 12.1 Å². The highest BCUT2D eigenvalue weighted by atomic mass is 35.5. The van der Waals surface area contributed by atoms with E-state index in [1.165, 1.54) is 33.5 Å². The average Bonchev–Trinajstić information content (AvgIpc) is 2.67. The van der Waals surface area contributed by atoms with Crippen molar-refractivity contribution in [3.8, 4) is 6.07 Å². The molecule has 2 aromatic rings. The zero-order valence-electron chi connectivity index (χ0n) is 14.1. The van der Waals surface area contributed by atoms with Crippen molar-refractivity contribution < 1.29 is 17.6 Å². The fraction of sp³-hybridized carbons (Fsp3) is 0.222. The van der Waals surface area contributed by atoms with Crippen LogP contribution in [0.2, 0.25) is 5.02 Å². The maximum Gasteiger partial charge on any atom is 0.256 e. The van der Waals surface area contributed by atoms with E-state index in [-0.39, 0.29) is 47.2 Å². The number of hydrogen-bond acceptors (Lipinski definition) is 4. The Labute approximate surface area is 161 Å². The van der Waals surface area contributed by atoms with Crippen LogP contribution in [0.1, 0.15) is 15.9 Å². The Morgan fingerprint density at radius 3 is 2.41 bits per heavy atom. The van der Waals surface area contributed by atoms with Crippen LogP contribution in [-0.2, 0) is 10.0 Å². The predicted octanol–water partition coefficient (Wildman–Crippen LogP) is 2.50. The lowest BCUT2D eigenvalue weighted by molar-refractivity contribution is 0.0693. The summed E-state index contributed by atoms with van der Waals surface area (Å²) in [7, 11) is -3.85. The van der Waals surface area contributed by atoms with E-state index in [9.17, 15) is 17.6 Å². The smallest absolute Gasteiger partial charge is 0.256 e. The van der Waals surface area contributed by atoms with Gasteiger partial charge in [-0.3, -0.25) is 4.79 Å². The van der Waals surface area contributed by atoms with Crippen molar-refractivity contribution in [1.29, 1.82) is 5.26 Å². The first-order valence-electron chi connectivity index (χ1n) is 8.08. The first kappa shape index (κ1) is 19.3. The van der Waals surface area contributed by atoms with E-state index in [2.05, 4.69) is 0 Å². The van der Waals surface area contributed by atoms with Gasteiger partial charge in [0.15, 0.2) is 0 Å². The summed E-state index contributed by atoms with van der Waals surface area (Å²) in [5.74, 6) is -1.23. The number of rotatable bonds is 3. The number of nitrogens with zero attached hydrogens (tertiary/aromatic N) is 3. The standard InChI is InChI=1S/C18H15ClFN3O3S/c19-14-5-6-15(16(20)11-14)18(24)22-7-9-23(10-8-22)27(25,26)17-4-2-1-3-13(17)12-21/h1-6,11H,7-10H2. The molecule has 0 unspecified atom stereocenters. The zero-order chi connectivity index (χ0) is 19.6. The van der Waals surface area contributed by atoms with Gasteiger partial charge in [0.1, 0.15) is 11.9 Å². The molecular formula is C18H15ClFN3O3S. The third kappa shape index (κ3) is 3.81. The number of benzene rings is 2. The van der Waals surface area contributed by atoms with Crippen molar-refractivity contribution >= 4 is 27.5 Å². The van der Waals surface area contributed by atoms with Crippen molar-refractivity contribution in [2.24, 2.45) is 0 Å². The second-order valence-corrected chi connectivity index (χ2v) is 8.27. The number of sulfonamides is 1. The van der Waals surface area contributed by atoms with E-state index in [1.807, 2.05) is 6.07 Å². The minimum atomic E-state index is -3.85. The van der Waals surface area contributed by atoms with Crippen molar-refractivity contribution in [3.05, 3.63) is 64.4 Å². The van der Waals surface area contributed by atoms with Crippen LogP contribution >= 0.6 is 11.6 Å². The van der Waals surface area contributed by atoms with Gasteiger partial charge in [-0.2, -0.15) is 9.57 Å². The molecule has 9 heteroatoms. The normalized spacial score (nSPS) is 15.4. The Morgan fingerprint density at radius 1 is 1.11 bits per heavy atom. The first-order chi connectivity index (χ1) is 12.8. The van der Waals surface area contributed by atoms with Gasteiger partial charge in [0.2, 0.25) is 10.0 Å². The summed E-state index contributed by atoms with van der Waals surface area (Å²) in [6.45, 7) is 0.357. The Balaban J connectivity index is 1.75. The molecule has 27 heavy (non-hydrogen) atoms. The maximum atomic E-state index is 14.0. The van der Waals surface area contributed by atoms with Crippen molar-refractivity contribution in [1.82, 2.24) is 9.21 Å². The fourth-order valence-corrected chi connectivity index (χ4v) is 4.61. The average molecular weight is 408 g/mol. The molecule has 1 saturated heterocycles. The summed E-state index contributed by atoms with van der Waals surface area (Å²) in [5, 5.41) is 9.33. The van der Waals surface area contributed by atoms with Gasteiger partial charge in [-0.1, -0.05) is 23.7 Å². The molecule has 2 aromatic carbocycles. The van der Waals surface area contributed by atoms with Crippen LogP contribution in [0.3, 0.4) is 0 Å². The predicted molar refractivity (Wildman–Crippen MR) is 97.2 cm³/mol. The molecule has 0 atom stereocenters. The van der Waals surface area contributed by atoms with Crippen LogP contribution in [-0.4, -0.2) is 49.7 Å². The molecule has 1 heterocycles. The number of piperazine rings is 1. The number of carbonyl (C=O) groups excluding carboxylic acids is 1. The summed E-state index contributed by atoms with van der Waals surface area (Å²) < 4.78 is 40.8. The van der Waals surface area contributed by atoms with E-state index in [4.69, 9.17) is 16.9 Å². The zero-order valence-corrected chi connectivity index (χ0v) is 15.7. The molecule has 1 amide bonds. The molecule has 0 bridgehead atoms. The summed E-state index contributed by atoms with van der Waals surface area (Å²) in [6.07, 6.45) is 0. The van der Waals surface area contributed by atoms with Crippen LogP contribution in [0.5, 0.6) is 0 Å². The van der Waals surface area contributed by atoms with E-state index >= 15 is 0 Å². The molecule has 0 radical (unpaired) electrons. The fourth-order valence-electron chi connectivity index (χ4n) is 2.89. The molecule has 1 aliphatic rings.